The van der Waals surface area contributed by atoms with Crippen molar-refractivity contribution in [1.29, 1.82) is 0 Å². The van der Waals surface area contributed by atoms with E-state index in [4.69, 9.17) is 0 Å². The smallest absolute Gasteiger partial charge is 0.264 e. The Labute approximate surface area is 134 Å². The number of benzene rings is 2. The molecule has 0 bridgehead atoms. The lowest BCUT2D eigenvalue weighted by Crippen LogP contribution is -2.16. The van der Waals surface area contributed by atoms with Crippen LogP contribution in [0.2, 0.25) is 0 Å². The molecule has 21 heavy (non-hydrogen) atoms. The molecule has 0 atom stereocenters. The fourth-order valence-corrected chi connectivity index (χ4v) is 2.97. The average Bonchev–Trinajstić information content (AvgIpc) is 2.51. The zero-order valence-electron chi connectivity index (χ0n) is 11.3. The van der Waals surface area contributed by atoms with Crippen LogP contribution in [0.1, 0.15) is 12.6 Å². The van der Waals surface area contributed by atoms with Gasteiger partial charge in [0.1, 0.15) is 11.6 Å². The molecule has 3 nitrogen and oxygen atoms in total. The van der Waals surface area contributed by atoms with Gasteiger partial charge in [-0.2, -0.15) is 0 Å². The van der Waals surface area contributed by atoms with Gasteiger partial charge in [-0.25, -0.2) is 9.37 Å². The van der Waals surface area contributed by atoms with E-state index in [1.54, 1.807) is 18.2 Å². The van der Waals surface area contributed by atoms with Crippen molar-refractivity contribution in [3.63, 3.8) is 0 Å². The second-order valence-electron chi connectivity index (χ2n) is 4.67. The zero-order valence-corrected chi connectivity index (χ0v) is 13.4. The molecular formula is C16H12FIN2O. The van der Waals surface area contributed by atoms with Crippen molar-refractivity contribution in [3.8, 4) is 11.4 Å². The molecule has 0 amide bonds. The number of aryl methyl sites for hydroxylation is 1. The highest BCUT2D eigenvalue weighted by Crippen LogP contribution is 2.28. The van der Waals surface area contributed by atoms with Gasteiger partial charge in [0.2, 0.25) is 0 Å². The minimum absolute atomic E-state index is 0.161. The van der Waals surface area contributed by atoms with Gasteiger partial charge in [-0.15, -0.1) is 0 Å². The molecule has 0 spiro atoms. The lowest BCUT2D eigenvalue weighted by atomic mass is 10.0. The highest BCUT2D eigenvalue weighted by molar-refractivity contribution is 14.1. The maximum absolute atomic E-state index is 13.9. The van der Waals surface area contributed by atoms with Crippen LogP contribution in [-0.2, 0) is 6.42 Å². The van der Waals surface area contributed by atoms with Crippen LogP contribution in [0.3, 0.4) is 0 Å². The molecule has 5 heteroatoms. The van der Waals surface area contributed by atoms with E-state index in [-0.39, 0.29) is 11.4 Å². The van der Waals surface area contributed by atoms with Crippen LogP contribution in [0.25, 0.3) is 22.2 Å². The van der Waals surface area contributed by atoms with Crippen molar-refractivity contribution >= 4 is 33.4 Å². The first-order valence-corrected chi connectivity index (χ1v) is 7.66. The number of hydrogen-bond donors (Lipinski definition) is 1. The van der Waals surface area contributed by atoms with E-state index in [0.29, 0.717) is 21.2 Å². The van der Waals surface area contributed by atoms with E-state index in [1.165, 1.54) is 6.07 Å². The van der Waals surface area contributed by atoms with Crippen LogP contribution in [0.5, 0.6) is 0 Å². The van der Waals surface area contributed by atoms with Crippen molar-refractivity contribution in [2.75, 3.05) is 0 Å². The predicted octanol–water partition coefficient (Wildman–Crippen LogP) is 3.90. The molecule has 3 aromatic rings. The molecule has 106 valence electrons. The fraction of sp³-hybridized carbons (Fsp3) is 0.125. The van der Waals surface area contributed by atoms with Gasteiger partial charge >= 0.3 is 0 Å². The Kier molecular flexibility index (Phi) is 3.75. The van der Waals surface area contributed by atoms with Gasteiger partial charge in [0.15, 0.2) is 0 Å². The third-order valence-electron chi connectivity index (χ3n) is 3.39. The third kappa shape index (κ3) is 2.46. The van der Waals surface area contributed by atoms with Gasteiger partial charge in [0, 0.05) is 10.9 Å². The number of aromatic nitrogens is 2. The van der Waals surface area contributed by atoms with Crippen LogP contribution in [-0.4, -0.2) is 9.97 Å². The number of nitrogens with zero attached hydrogens (tertiary/aromatic N) is 1. The first kappa shape index (κ1) is 14.2. The predicted molar refractivity (Wildman–Crippen MR) is 89.9 cm³/mol. The Bertz CT molecular complexity index is 889. The Morgan fingerprint density at radius 3 is 2.62 bits per heavy atom. The van der Waals surface area contributed by atoms with Crippen LogP contribution in [0.4, 0.5) is 4.39 Å². The normalized spacial score (nSPS) is 11.0. The Hall–Kier alpha value is -1.76. The highest BCUT2D eigenvalue weighted by atomic mass is 127. The van der Waals surface area contributed by atoms with Crippen LogP contribution >= 0.6 is 22.6 Å². The molecule has 0 fully saturated rings. The summed E-state index contributed by atoms with van der Waals surface area (Å²) in [6.07, 6.45) is 0.675. The van der Waals surface area contributed by atoms with Gasteiger partial charge in [0.25, 0.3) is 5.56 Å². The highest BCUT2D eigenvalue weighted by Gasteiger charge is 2.12. The summed E-state index contributed by atoms with van der Waals surface area (Å²) >= 11 is 2.00. The van der Waals surface area contributed by atoms with Crippen molar-refractivity contribution < 1.29 is 4.39 Å². The zero-order chi connectivity index (χ0) is 15.0. The molecule has 0 radical (unpaired) electrons. The fourth-order valence-electron chi connectivity index (χ4n) is 2.34. The second-order valence-corrected chi connectivity index (χ2v) is 5.75. The summed E-state index contributed by atoms with van der Waals surface area (Å²) in [5.41, 5.74) is 1.32. The first-order chi connectivity index (χ1) is 10.1. The number of H-pyrrole nitrogens is 1. The topological polar surface area (TPSA) is 45.8 Å². The van der Waals surface area contributed by atoms with E-state index in [1.807, 2.05) is 41.6 Å². The summed E-state index contributed by atoms with van der Waals surface area (Å²) in [5, 5.41) is 1.26. The largest absolute Gasteiger partial charge is 0.306 e. The molecule has 0 unspecified atom stereocenters. The van der Waals surface area contributed by atoms with E-state index in [9.17, 15) is 9.18 Å². The minimum Gasteiger partial charge on any atom is -0.306 e. The van der Waals surface area contributed by atoms with Gasteiger partial charge in [-0.1, -0.05) is 31.2 Å². The van der Waals surface area contributed by atoms with Gasteiger partial charge in [0.05, 0.1) is 9.26 Å². The lowest BCUT2D eigenvalue weighted by Gasteiger charge is -2.09. The molecular weight excluding hydrogens is 382 g/mol. The number of fused-ring (bicyclic) bond motifs is 1. The SMILES string of the molecule is CCc1nc(-c2ccc(F)c3ccccc23)[nH]c(=O)c1I. The maximum Gasteiger partial charge on any atom is 0.264 e. The number of nitrogens with one attached hydrogen (secondary N) is 1. The average molecular weight is 394 g/mol. The molecule has 0 saturated carbocycles. The molecule has 0 aliphatic carbocycles. The Morgan fingerprint density at radius 2 is 1.90 bits per heavy atom. The van der Waals surface area contributed by atoms with E-state index < -0.39 is 0 Å². The quantitative estimate of drug-likeness (QED) is 0.671. The molecule has 0 aliphatic heterocycles. The van der Waals surface area contributed by atoms with Crippen LogP contribution in [0.15, 0.2) is 41.2 Å². The molecule has 2 aromatic carbocycles. The first-order valence-electron chi connectivity index (χ1n) is 6.58. The Balaban J connectivity index is 2.34. The van der Waals surface area contributed by atoms with Crippen LogP contribution in [0, 0.1) is 9.39 Å². The van der Waals surface area contributed by atoms with Crippen molar-refractivity contribution in [1.82, 2.24) is 9.97 Å². The summed E-state index contributed by atoms with van der Waals surface area (Å²) in [4.78, 5) is 19.3. The van der Waals surface area contributed by atoms with Crippen molar-refractivity contribution in [2.45, 2.75) is 13.3 Å². The summed E-state index contributed by atoms with van der Waals surface area (Å²) in [6, 6.07) is 10.2. The molecule has 1 aromatic heterocycles. The Morgan fingerprint density at radius 1 is 1.19 bits per heavy atom. The number of hydrogen-bond acceptors (Lipinski definition) is 2. The maximum atomic E-state index is 13.9. The molecule has 1 heterocycles. The molecule has 3 rings (SSSR count). The molecule has 0 aliphatic rings. The van der Waals surface area contributed by atoms with Gasteiger partial charge < -0.3 is 4.98 Å². The lowest BCUT2D eigenvalue weighted by molar-refractivity contribution is 0.640. The van der Waals surface area contributed by atoms with Crippen molar-refractivity contribution in [3.05, 3.63) is 61.8 Å². The van der Waals surface area contributed by atoms with Crippen molar-refractivity contribution in [2.24, 2.45) is 0 Å². The summed E-state index contributed by atoms with van der Waals surface area (Å²) in [7, 11) is 0. The standard InChI is InChI=1S/C16H12FIN2O/c1-2-13-14(18)16(21)20-15(19-13)11-7-8-12(17)10-6-4-3-5-9(10)11/h3-8H,2H2,1H3,(H,19,20,21). The van der Waals surface area contributed by atoms with E-state index in [2.05, 4.69) is 9.97 Å². The number of aromatic amines is 1. The number of halogens is 2. The van der Waals surface area contributed by atoms with Gasteiger partial charge in [-0.05, 0) is 46.5 Å². The van der Waals surface area contributed by atoms with E-state index in [0.717, 1.165) is 16.6 Å². The number of rotatable bonds is 2. The summed E-state index contributed by atoms with van der Waals surface area (Å²) < 4.78 is 14.5. The summed E-state index contributed by atoms with van der Waals surface area (Å²) in [5.74, 6) is 0.200. The van der Waals surface area contributed by atoms with Gasteiger partial charge in [-0.3, -0.25) is 4.79 Å². The molecule has 1 N–H and O–H groups in total. The monoisotopic (exact) mass is 394 g/mol. The molecule has 0 saturated heterocycles. The third-order valence-corrected chi connectivity index (χ3v) is 4.50. The second kappa shape index (κ2) is 5.55. The van der Waals surface area contributed by atoms with E-state index >= 15 is 0 Å². The minimum atomic E-state index is -0.280. The summed E-state index contributed by atoms with van der Waals surface area (Å²) in [6.45, 7) is 1.95. The van der Waals surface area contributed by atoms with Crippen LogP contribution < -0.4 is 5.56 Å².